The highest BCUT2D eigenvalue weighted by Crippen LogP contribution is 2.24. The Morgan fingerprint density at radius 2 is 1.84 bits per heavy atom. The van der Waals surface area contributed by atoms with Crippen LogP contribution in [0.15, 0.2) is 30.6 Å². The second kappa shape index (κ2) is 6.66. The van der Waals surface area contributed by atoms with E-state index in [-0.39, 0.29) is 17.7 Å². The maximum atomic E-state index is 12.6. The molecular weight excluding hydrogens is 318 g/mol. The summed E-state index contributed by atoms with van der Waals surface area (Å²) in [6, 6.07) is 5.89. The van der Waals surface area contributed by atoms with Gasteiger partial charge in [0.05, 0.1) is 5.69 Å². The molecule has 25 heavy (non-hydrogen) atoms. The van der Waals surface area contributed by atoms with Gasteiger partial charge in [0.1, 0.15) is 0 Å². The van der Waals surface area contributed by atoms with Gasteiger partial charge in [-0.25, -0.2) is 0 Å². The van der Waals surface area contributed by atoms with Gasteiger partial charge in [0.15, 0.2) is 5.69 Å². The highest BCUT2D eigenvalue weighted by molar-refractivity contribution is 5.93. The zero-order chi connectivity index (χ0) is 17.2. The van der Waals surface area contributed by atoms with Crippen molar-refractivity contribution in [3.63, 3.8) is 0 Å². The van der Waals surface area contributed by atoms with Crippen molar-refractivity contribution in [1.29, 1.82) is 0 Å². The lowest BCUT2D eigenvalue weighted by atomic mass is 9.95. The first kappa shape index (κ1) is 15.8. The summed E-state index contributed by atoms with van der Waals surface area (Å²) < 4.78 is 0. The van der Waals surface area contributed by atoms with Crippen LogP contribution in [0.3, 0.4) is 0 Å². The van der Waals surface area contributed by atoms with Crippen molar-refractivity contribution in [2.45, 2.75) is 31.7 Å². The molecular formula is C18H21N5O2. The number of rotatable bonds is 4. The van der Waals surface area contributed by atoms with Crippen LogP contribution < -0.4 is 5.32 Å². The standard InChI is InChI=1S/C18H21N5O2/c24-17(20-14-1-2-14)13-5-9-23(10-6-13)18(25)16-11-15(21-22-16)12-3-7-19-8-4-12/h3-4,7-8,11,13-14H,1-2,5-6,9-10H2,(H,20,24)(H,21,22). The third-order valence-corrected chi connectivity index (χ3v) is 4.86. The number of carbonyl (C=O) groups excluding carboxylic acids is 2. The molecule has 1 saturated heterocycles. The zero-order valence-electron chi connectivity index (χ0n) is 13.9. The number of likely N-dealkylation sites (tertiary alicyclic amines) is 1. The number of hydrogen-bond acceptors (Lipinski definition) is 4. The van der Waals surface area contributed by atoms with Gasteiger partial charge in [0.25, 0.3) is 5.91 Å². The predicted octanol–water partition coefficient (Wildman–Crippen LogP) is 1.60. The van der Waals surface area contributed by atoms with Gasteiger partial charge in [0, 0.05) is 43.0 Å². The molecule has 0 spiro atoms. The molecule has 0 bridgehead atoms. The molecule has 7 heteroatoms. The second-order valence-electron chi connectivity index (χ2n) is 6.75. The Balaban J connectivity index is 1.36. The van der Waals surface area contributed by atoms with E-state index in [0.717, 1.165) is 24.1 Å². The summed E-state index contributed by atoms with van der Waals surface area (Å²) in [4.78, 5) is 30.5. The second-order valence-corrected chi connectivity index (χ2v) is 6.75. The molecule has 2 N–H and O–H groups in total. The number of nitrogens with one attached hydrogen (secondary N) is 2. The average molecular weight is 339 g/mol. The molecule has 2 aliphatic rings. The maximum absolute atomic E-state index is 12.6. The monoisotopic (exact) mass is 339 g/mol. The largest absolute Gasteiger partial charge is 0.353 e. The van der Waals surface area contributed by atoms with Crippen molar-refractivity contribution in [1.82, 2.24) is 25.4 Å². The molecule has 1 saturated carbocycles. The molecule has 3 heterocycles. The number of carbonyl (C=O) groups is 2. The predicted molar refractivity (Wildman–Crippen MR) is 91.6 cm³/mol. The fraction of sp³-hybridized carbons (Fsp3) is 0.444. The van der Waals surface area contributed by atoms with Crippen LogP contribution in [0.1, 0.15) is 36.2 Å². The van der Waals surface area contributed by atoms with Crippen LogP contribution in [-0.4, -0.2) is 51.0 Å². The van der Waals surface area contributed by atoms with Crippen molar-refractivity contribution >= 4 is 11.8 Å². The lowest BCUT2D eigenvalue weighted by Crippen LogP contribution is -2.43. The topological polar surface area (TPSA) is 91.0 Å². The third kappa shape index (κ3) is 3.55. The van der Waals surface area contributed by atoms with E-state index in [1.807, 2.05) is 12.1 Å². The van der Waals surface area contributed by atoms with E-state index in [9.17, 15) is 9.59 Å². The number of H-pyrrole nitrogens is 1. The highest BCUT2D eigenvalue weighted by Gasteiger charge is 2.31. The molecule has 2 fully saturated rings. The van der Waals surface area contributed by atoms with Crippen LogP contribution in [0.4, 0.5) is 0 Å². The maximum Gasteiger partial charge on any atom is 0.274 e. The summed E-state index contributed by atoms with van der Waals surface area (Å²) in [6.07, 6.45) is 7.03. The molecule has 0 atom stereocenters. The minimum Gasteiger partial charge on any atom is -0.353 e. The minimum atomic E-state index is -0.0855. The molecule has 2 aromatic heterocycles. The normalized spacial score (nSPS) is 18.2. The van der Waals surface area contributed by atoms with Crippen LogP contribution in [-0.2, 0) is 4.79 Å². The smallest absolute Gasteiger partial charge is 0.274 e. The van der Waals surface area contributed by atoms with Crippen LogP contribution in [0, 0.1) is 5.92 Å². The Hall–Kier alpha value is -2.70. The summed E-state index contributed by atoms with van der Waals surface area (Å²) in [5.74, 6) is 0.0863. The van der Waals surface area contributed by atoms with E-state index >= 15 is 0 Å². The first-order valence-electron chi connectivity index (χ1n) is 8.76. The Labute approximate surface area is 145 Å². The van der Waals surface area contributed by atoms with E-state index in [4.69, 9.17) is 0 Å². The van der Waals surface area contributed by atoms with Crippen molar-refractivity contribution in [3.05, 3.63) is 36.3 Å². The first-order chi connectivity index (χ1) is 12.2. The number of hydrogen-bond donors (Lipinski definition) is 2. The van der Waals surface area contributed by atoms with E-state index < -0.39 is 0 Å². The van der Waals surface area contributed by atoms with Gasteiger partial charge < -0.3 is 10.2 Å². The lowest BCUT2D eigenvalue weighted by molar-refractivity contribution is -0.126. The first-order valence-corrected chi connectivity index (χ1v) is 8.76. The van der Waals surface area contributed by atoms with Crippen LogP contribution >= 0.6 is 0 Å². The summed E-state index contributed by atoms with van der Waals surface area (Å²) in [6.45, 7) is 1.19. The van der Waals surface area contributed by atoms with Gasteiger partial charge in [-0.15, -0.1) is 0 Å². The van der Waals surface area contributed by atoms with Crippen LogP contribution in [0.25, 0.3) is 11.3 Å². The van der Waals surface area contributed by atoms with Gasteiger partial charge in [-0.3, -0.25) is 19.7 Å². The van der Waals surface area contributed by atoms with E-state index in [1.54, 1.807) is 23.4 Å². The average Bonchev–Trinajstić information content (AvgIpc) is 3.34. The molecule has 2 aromatic rings. The van der Waals surface area contributed by atoms with Gasteiger partial charge in [-0.1, -0.05) is 0 Å². The summed E-state index contributed by atoms with van der Waals surface area (Å²) in [5.41, 5.74) is 2.15. The molecule has 0 radical (unpaired) electrons. The third-order valence-electron chi connectivity index (χ3n) is 4.86. The highest BCUT2D eigenvalue weighted by atomic mass is 16.2. The number of aromatic amines is 1. The molecule has 1 aliphatic heterocycles. The number of piperidine rings is 1. The SMILES string of the molecule is O=C(NC1CC1)C1CCN(C(=O)c2cc(-c3ccncc3)[nH]n2)CC1. The van der Waals surface area contributed by atoms with E-state index in [0.29, 0.717) is 37.7 Å². The summed E-state index contributed by atoms with van der Waals surface area (Å²) >= 11 is 0. The molecule has 7 nitrogen and oxygen atoms in total. The fourth-order valence-electron chi connectivity index (χ4n) is 3.16. The fourth-order valence-corrected chi connectivity index (χ4v) is 3.16. The van der Waals surface area contributed by atoms with Gasteiger partial charge >= 0.3 is 0 Å². The minimum absolute atomic E-state index is 0.0243. The van der Waals surface area contributed by atoms with Gasteiger partial charge in [-0.05, 0) is 43.9 Å². The number of amides is 2. The summed E-state index contributed by atoms with van der Waals surface area (Å²) in [5, 5.41) is 10.1. The molecule has 4 rings (SSSR count). The quantitative estimate of drug-likeness (QED) is 0.885. The van der Waals surface area contributed by atoms with E-state index in [2.05, 4.69) is 20.5 Å². The number of nitrogens with zero attached hydrogens (tertiary/aromatic N) is 3. The Bertz CT molecular complexity index is 761. The van der Waals surface area contributed by atoms with Crippen LogP contribution in [0.5, 0.6) is 0 Å². The van der Waals surface area contributed by atoms with Crippen molar-refractivity contribution in [2.24, 2.45) is 5.92 Å². The lowest BCUT2D eigenvalue weighted by Gasteiger charge is -2.30. The molecule has 0 aromatic carbocycles. The zero-order valence-corrected chi connectivity index (χ0v) is 13.9. The molecule has 0 unspecified atom stereocenters. The Morgan fingerprint density at radius 3 is 2.52 bits per heavy atom. The van der Waals surface area contributed by atoms with Crippen LogP contribution in [0.2, 0.25) is 0 Å². The Kier molecular flexibility index (Phi) is 4.21. The molecule has 1 aliphatic carbocycles. The van der Waals surface area contributed by atoms with Crippen molar-refractivity contribution in [2.75, 3.05) is 13.1 Å². The number of pyridine rings is 1. The molecule has 130 valence electrons. The van der Waals surface area contributed by atoms with Crippen molar-refractivity contribution in [3.8, 4) is 11.3 Å². The molecule has 2 amide bonds. The number of aromatic nitrogens is 3. The van der Waals surface area contributed by atoms with Gasteiger partial charge in [0.2, 0.25) is 5.91 Å². The van der Waals surface area contributed by atoms with Gasteiger partial charge in [-0.2, -0.15) is 5.10 Å². The summed E-state index contributed by atoms with van der Waals surface area (Å²) in [7, 11) is 0. The van der Waals surface area contributed by atoms with Crippen molar-refractivity contribution < 1.29 is 9.59 Å². The Morgan fingerprint density at radius 1 is 1.12 bits per heavy atom. The van der Waals surface area contributed by atoms with E-state index in [1.165, 1.54) is 0 Å².